The minimum absolute atomic E-state index is 0.231. The molecule has 0 aliphatic heterocycles. The number of benzene rings is 2. The van der Waals surface area contributed by atoms with Crippen LogP contribution < -0.4 is 10.6 Å². The number of nitrogens with one attached hydrogen (secondary N) is 2. The van der Waals surface area contributed by atoms with Crippen LogP contribution in [0.4, 0.5) is 24.5 Å². The van der Waals surface area contributed by atoms with E-state index in [0.29, 0.717) is 17.0 Å². The predicted octanol–water partition coefficient (Wildman–Crippen LogP) is 6.53. The van der Waals surface area contributed by atoms with Crippen molar-refractivity contribution in [3.05, 3.63) is 76.5 Å². The van der Waals surface area contributed by atoms with E-state index in [1.165, 1.54) is 41.3 Å². The van der Waals surface area contributed by atoms with Gasteiger partial charge < -0.3 is 10.6 Å². The van der Waals surface area contributed by atoms with Crippen molar-refractivity contribution in [2.75, 3.05) is 10.6 Å². The van der Waals surface area contributed by atoms with Crippen molar-refractivity contribution in [2.24, 2.45) is 0 Å². The summed E-state index contributed by atoms with van der Waals surface area (Å²) in [5, 5.41) is 6.41. The van der Waals surface area contributed by atoms with Gasteiger partial charge in [-0.3, -0.25) is 9.59 Å². The number of para-hydroxylation sites is 1. The highest BCUT2D eigenvalue weighted by atomic mass is 32.2. The molecule has 0 radical (unpaired) electrons. The molecule has 31 heavy (non-hydrogen) atoms. The van der Waals surface area contributed by atoms with Gasteiger partial charge in [0.2, 0.25) is 5.91 Å². The first-order valence-corrected chi connectivity index (χ1v) is 11.1. The number of alkyl halides is 3. The van der Waals surface area contributed by atoms with Gasteiger partial charge in [-0.1, -0.05) is 31.2 Å². The van der Waals surface area contributed by atoms with Gasteiger partial charge in [-0.2, -0.15) is 13.2 Å². The average Bonchev–Trinajstić information content (AvgIpc) is 3.27. The van der Waals surface area contributed by atoms with Crippen molar-refractivity contribution < 1.29 is 22.8 Å². The Morgan fingerprint density at radius 1 is 1.03 bits per heavy atom. The van der Waals surface area contributed by atoms with Crippen molar-refractivity contribution in [2.45, 2.75) is 29.7 Å². The number of amides is 2. The van der Waals surface area contributed by atoms with E-state index in [1.807, 2.05) is 5.38 Å². The number of anilines is 2. The number of rotatable bonds is 7. The van der Waals surface area contributed by atoms with Crippen LogP contribution in [0, 0.1) is 0 Å². The van der Waals surface area contributed by atoms with Gasteiger partial charge in [0.15, 0.2) is 0 Å². The van der Waals surface area contributed by atoms with Crippen molar-refractivity contribution in [1.29, 1.82) is 0 Å². The molecule has 0 fully saturated rings. The van der Waals surface area contributed by atoms with E-state index in [4.69, 9.17) is 0 Å². The summed E-state index contributed by atoms with van der Waals surface area (Å²) in [5.74, 6) is -0.747. The molecular weight excluding hydrogens is 445 g/mol. The van der Waals surface area contributed by atoms with Crippen LogP contribution >= 0.6 is 23.1 Å². The van der Waals surface area contributed by atoms with Crippen molar-refractivity contribution >= 4 is 46.3 Å². The Morgan fingerprint density at radius 2 is 1.81 bits per heavy atom. The third-order valence-electron chi connectivity index (χ3n) is 4.27. The Labute approximate surface area is 185 Å². The SMILES string of the molecule is CCC(Sc1cccc(NC(=O)c2cccs2)c1)C(=O)Nc1ccccc1C(F)(F)F. The van der Waals surface area contributed by atoms with Gasteiger partial charge in [0.1, 0.15) is 0 Å². The molecular formula is C22H19F3N2O2S2. The van der Waals surface area contributed by atoms with Gasteiger partial charge in [0.25, 0.3) is 5.91 Å². The Kier molecular flexibility index (Phi) is 7.40. The number of hydrogen-bond donors (Lipinski definition) is 2. The fourth-order valence-corrected chi connectivity index (χ4v) is 4.42. The number of thioether (sulfide) groups is 1. The molecule has 3 aromatic rings. The first-order valence-electron chi connectivity index (χ1n) is 9.36. The highest BCUT2D eigenvalue weighted by Crippen LogP contribution is 2.35. The molecule has 0 saturated heterocycles. The topological polar surface area (TPSA) is 58.2 Å². The zero-order valence-electron chi connectivity index (χ0n) is 16.4. The molecule has 162 valence electrons. The van der Waals surface area contributed by atoms with Crippen molar-refractivity contribution in [1.82, 2.24) is 0 Å². The first kappa shape index (κ1) is 22.9. The van der Waals surface area contributed by atoms with Crippen LogP contribution in [0.1, 0.15) is 28.6 Å². The second-order valence-electron chi connectivity index (χ2n) is 6.51. The summed E-state index contributed by atoms with van der Waals surface area (Å²) >= 11 is 2.55. The monoisotopic (exact) mass is 464 g/mol. The molecule has 0 aliphatic rings. The Bertz CT molecular complexity index is 1050. The van der Waals surface area contributed by atoms with E-state index < -0.39 is 22.9 Å². The van der Waals surface area contributed by atoms with Gasteiger partial charge in [-0.05, 0) is 48.2 Å². The molecule has 2 amide bonds. The number of carbonyl (C=O) groups excluding carboxylic acids is 2. The van der Waals surface area contributed by atoms with Crippen LogP contribution in [0.15, 0.2) is 70.9 Å². The second-order valence-corrected chi connectivity index (χ2v) is 8.73. The Hall–Kier alpha value is -2.78. The zero-order valence-corrected chi connectivity index (χ0v) is 18.0. The number of carbonyl (C=O) groups is 2. The van der Waals surface area contributed by atoms with Crippen LogP contribution in [-0.4, -0.2) is 17.1 Å². The van der Waals surface area contributed by atoms with E-state index in [0.717, 1.165) is 11.0 Å². The smallest absolute Gasteiger partial charge is 0.325 e. The third-order valence-corrected chi connectivity index (χ3v) is 6.50. The van der Waals surface area contributed by atoms with Gasteiger partial charge >= 0.3 is 6.18 Å². The predicted molar refractivity (Wildman–Crippen MR) is 119 cm³/mol. The Balaban J connectivity index is 1.70. The minimum Gasteiger partial charge on any atom is -0.325 e. The molecule has 1 unspecified atom stereocenters. The molecule has 0 spiro atoms. The first-order chi connectivity index (χ1) is 14.8. The van der Waals surface area contributed by atoms with E-state index in [1.54, 1.807) is 43.3 Å². The summed E-state index contributed by atoms with van der Waals surface area (Å²) < 4.78 is 39.6. The number of halogens is 3. The normalized spacial score (nSPS) is 12.3. The lowest BCUT2D eigenvalue weighted by molar-refractivity contribution is -0.137. The summed E-state index contributed by atoms with van der Waals surface area (Å²) in [6, 6.07) is 15.4. The fraction of sp³-hybridized carbons (Fsp3) is 0.182. The highest BCUT2D eigenvalue weighted by Gasteiger charge is 2.34. The molecule has 0 aliphatic carbocycles. The summed E-state index contributed by atoms with van der Waals surface area (Å²) in [5.41, 5.74) is -0.585. The van der Waals surface area contributed by atoms with E-state index >= 15 is 0 Å². The molecule has 1 atom stereocenters. The van der Waals surface area contributed by atoms with E-state index in [9.17, 15) is 22.8 Å². The molecule has 9 heteroatoms. The molecule has 2 N–H and O–H groups in total. The fourth-order valence-electron chi connectivity index (χ4n) is 2.79. The van der Waals surface area contributed by atoms with Gasteiger partial charge in [-0.15, -0.1) is 23.1 Å². The second kappa shape index (κ2) is 10.0. The van der Waals surface area contributed by atoms with Crippen LogP contribution in [0.25, 0.3) is 0 Å². The zero-order chi connectivity index (χ0) is 22.4. The van der Waals surface area contributed by atoms with Crippen LogP contribution in [0.3, 0.4) is 0 Å². The maximum atomic E-state index is 13.2. The minimum atomic E-state index is -4.56. The largest absolute Gasteiger partial charge is 0.418 e. The quantitative estimate of drug-likeness (QED) is 0.391. The van der Waals surface area contributed by atoms with Crippen LogP contribution in [0.5, 0.6) is 0 Å². The summed E-state index contributed by atoms with van der Waals surface area (Å²) in [6.07, 6.45) is -4.15. The lowest BCUT2D eigenvalue weighted by Gasteiger charge is -2.18. The molecule has 0 saturated carbocycles. The molecule has 4 nitrogen and oxygen atoms in total. The molecule has 2 aromatic carbocycles. The molecule has 0 bridgehead atoms. The molecule has 1 aromatic heterocycles. The number of hydrogen-bond acceptors (Lipinski definition) is 4. The maximum Gasteiger partial charge on any atom is 0.418 e. The molecule has 1 heterocycles. The lowest BCUT2D eigenvalue weighted by Crippen LogP contribution is -2.26. The number of thiophene rings is 1. The third kappa shape index (κ3) is 6.11. The Morgan fingerprint density at radius 3 is 2.48 bits per heavy atom. The lowest BCUT2D eigenvalue weighted by atomic mass is 10.1. The highest BCUT2D eigenvalue weighted by molar-refractivity contribution is 8.00. The van der Waals surface area contributed by atoms with E-state index in [2.05, 4.69) is 10.6 Å². The van der Waals surface area contributed by atoms with Crippen molar-refractivity contribution in [3.63, 3.8) is 0 Å². The van der Waals surface area contributed by atoms with Crippen LogP contribution in [-0.2, 0) is 11.0 Å². The van der Waals surface area contributed by atoms with Gasteiger partial charge in [0.05, 0.1) is 21.4 Å². The standard InChI is InChI=1S/C22H19F3N2O2S2/c1-2-18(20(28)27-17-10-4-3-9-16(17)22(23,24)25)31-15-8-5-7-14(13-15)26-21(29)19-11-6-12-30-19/h3-13,18H,2H2,1H3,(H,26,29)(H,27,28). The summed E-state index contributed by atoms with van der Waals surface area (Å²) in [6.45, 7) is 1.79. The summed E-state index contributed by atoms with van der Waals surface area (Å²) in [7, 11) is 0. The van der Waals surface area contributed by atoms with Crippen LogP contribution in [0.2, 0.25) is 0 Å². The van der Waals surface area contributed by atoms with Gasteiger partial charge in [0, 0.05) is 10.6 Å². The summed E-state index contributed by atoms with van der Waals surface area (Å²) in [4.78, 5) is 26.2. The van der Waals surface area contributed by atoms with E-state index in [-0.39, 0.29) is 11.6 Å². The average molecular weight is 465 g/mol. The van der Waals surface area contributed by atoms with Gasteiger partial charge in [-0.25, -0.2) is 0 Å². The molecule has 3 rings (SSSR count). The maximum absolute atomic E-state index is 13.2. The van der Waals surface area contributed by atoms with Crippen molar-refractivity contribution in [3.8, 4) is 0 Å².